The fourth-order valence-electron chi connectivity index (χ4n) is 15.0. The van der Waals surface area contributed by atoms with E-state index in [9.17, 15) is 54.3 Å². The number of anilines is 5. The van der Waals surface area contributed by atoms with Gasteiger partial charge in [-0.1, -0.05) is 121 Å². The number of rotatable bonds is 17. The lowest BCUT2D eigenvalue weighted by molar-refractivity contribution is 0.0723. The number of piperidine rings is 1. The number of nitrogens with two attached hydrogens (primary N) is 5. The molecule has 0 bridgehead atoms. The average molecular weight is 1730 g/mol. The molecule has 644 valence electrons. The molecule has 4 amide bonds. The fraction of sp³-hybridized carbons (Fsp3) is 0.200. The molecule has 3 aliphatic rings. The van der Waals surface area contributed by atoms with Gasteiger partial charge in [0.2, 0.25) is 0 Å². The number of likely N-dealkylation sites (tertiary alicyclic amines) is 2. The minimum atomic E-state index is -0.529. The number of nitrogen functional groups attached to an aromatic ring is 5. The molecular formula is C90H79F8N25O4. The maximum absolute atomic E-state index is 14.8. The highest BCUT2D eigenvalue weighted by atomic mass is 19.2. The molecule has 1 aliphatic carbocycles. The Hall–Kier alpha value is -15.7. The van der Waals surface area contributed by atoms with Gasteiger partial charge in [0.15, 0.2) is 23.3 Å². The summed E-state index contributed by atoms with van der Waals surface area (Å²) in [5.41, 5.74) is 34.3. The minimum absolute atomic E-state index is 0.00178. The predicted octanol–water partition coefficient (Wildman–Crippen LogP) is 13.6. The van der Waals surface area contributed by atoms with Crippen molar-refractivity contribution >= 4 is 96.3 Å². The Bertz CT molecular complexity index is 6920. The molecule has 29 nitrogen and oxygen atoms in total. The number of nitrogens with zero attached hydrogens (tertiary/aromatic N) is 19. The molecule has 0 atom stereocenters. The first-order chi connectivity index (χ1) is 61.3. The summed E-state index contributed by atoms with van der Waals surface area (Å²) in [6.45, 7) is 2.83. The predicted molar refractivity (Wildman–Crippen MR) is 460 cm³/mol. The van der Waals surface area contributed by atoms with Gasteiger partial charge >= 0.3 is 0 Å². The standard InChI is InChI=1S/C24H22F2N6O.C23H20F2N6O.C22H19F2N7O.C21H18F2N6O/c25-18-9-3-2-7-15(18)14-32-21-16(8-6-10-19(21)26)20(30-32)23-28-13-17(22(27)29-23)24(33)31-11-4-1-5-12-31;24-17-8-2-1-6-14(17)13-31-20-15(7-5-9-18(20)25)19(29-31)22-27-12-16(21(26)28-22)23(32)30-10-3-4-11-30;23-14-6-2-1-4-11(14)10-31-18-13(5-3-7-15(18)24)17(30-31)21-28-19(25)16(20(26)29-21)22(32)27-12-8-9-12;1-28(2)21(30)14-10-25-20(26-19(14)24)17-13-7-5-9-16(23)18(13)29(27-17)11-12-6-3-4-8-15(12)22/h2-3,6-10,13H,1,4-5,11-12,14H2,(H2,27,28,29);1-2,5-9,12H,3-4,10-11,13H2,(H2,26,27,28);1-7,12H,8-10H2,(H,27,32)(H4,25,26,28,29);3-10H,11H2,1-2H3,(H2,24,25,26). The van der Waals surface area contributed by atoms with E-state index in [2.05, 4.69) is 65.6 Å². The van der Waals surface area contributed by atoms with E-state index in [4.69, 9.17) is 28.7 Å². The first kappa shape index (κ1) is 84.9. The Morgan fingerprint density at radius 1 is 0.354 bits per heavy atom. The number of halogens is 8. The summed E-state index contributed by atoms with van der Waals surface area (Å²) in [5.74, 6) is -4.41. The number of nitrogens with one attached hydrogen (secondary N) is 1. The van der Waals surface area contributed by atoms with E-state index in [1.165, 1.54) is 96.8 Å². The summed E-state index contributed by atoms with van der Waals surface area (Å²) >= 11 is 0. The Morgan fingerprint density at radius 3 is 0.921 bits per heavy atom. The second-order valence-electron chi connectivity index (χ2n) is 30.4. The van der Waals surface area contributed by atoms with Crippen LogP contribution in [0.25, 0.3) is 89.7 Å². The summed E-state index contributed by atoms with van der Waals surface area (Å²) in [7, 11) is 3.19. The number of benzene rings is 8. The molecule has 3 fully saturated rings. The van der Waals surface area contributed by atoms with E-state index in [0.29, 0.717) is 81.4 Å². The molecule has 8 aromatic carbocycles. The van der Waals surface area contributed by atoms with Crippen molar-refractivity contribution in [1.29, 1.82) is 0 Å². The molecule has 19 rings (SSSR count). The quantitative estimate of drug-likeness (QED) is 0.0461. The van der Waals surface area contributed by atoms with Crippen LogP contribution in [-0.4, -0.2) is 164 Å². The minimum Gasteiger partial charge on any atom is -0.383 e. The zero-order valence-corrected chi connectivity index (χ0v) is 68.1. The summed E-state index contributed by atoms with van der Waals surface area (Å²) in [6, 6.07) is 43.2. The Balaban J connectivity index is 0.000000125. The monoisotopic (exact) mass is 1730 g/mol. The number of carbonyl (C=O) groups excluding carboxylic acids is 4. The highest BCUT2D eigenvalue weighted by Crippen LogP contribution is 2.37. The zero-order valence-electron chi connectivity index (χ0n) is 68.1. The molecule has 2 saturated heterocycles. The molecule has 10 heterocycles. The van der Waals surface area contributed by atoms with Crippen LogP contribution in [0.1, 0.15) is 109 Å². The lowest BCUT2D eigenvalue weighted by Crippen LogP contribution is -2.36. The van der Waals surface area contributed by atoms with Crippen LogP contribution in [0, 0.1) is 46.5 Å². The van der Waals surface area contributed by atoms with E-state index in [1.807, 2.05) is 0 Å². The van der Waals surface area contributed by atoms with Crippen molar-refractivity contribution in [2.24, 2.45) is 0 Å². The van der Waals surface area contributed by atoms with Gasteiger partial charge in [0.1, 0.15) is 143 Å². The van der Waals surface area contributed by atoms with Crippen molar-refractivity contribution in [3.05, 3.63) is 279 Å². The maximum Gasteiger partial charge on any atom is 0.259 e. The third kappa shape index (κ3) is 17.8. The van der Waals surface area contributed by atoms with Gasteiger partial charge in [-0.3, -0.25) is 37.9 Å². The normalized spacial score (nSPS) is 13.1. The molecule has 11 N–H and O–H groups in total. The zero-order chi connectivity index (χ0) is 89.0. The Morgan fingerprint density at radius 2 is 0.630 bits per heavy atom. The lowest BCUT2D eigenvalue weighted by atomic mass is 10.1. The van der Waals surface area contributed by atoms with Gasteiger partial charge in [-0.25, -0.2) is 75.0 Å². The first-order valence-electron chi connectivity index (χ1n) is 40.3. The van der Waals surface area contributed by atoms with E-state index in [-0.39, 0.29) is 158 Å². The highest BCUT2D eigenvalue weighted by Gasteiger charge is 2.32. The van der Waals surface area contributed by atoms with Crippen LogP contribution in [0.3, 0.4) is 0 Å². The average Bonchev–Trinajstić information content (AvgIpc) is 1.62. The SMILES string of the molecule is CN(C)C(=O)c1cnc(-c2nn(Cc3ccccc3F)c3c(F)cccc23)nc1N.Nc1nc(-c2nn(Cc3ccccc3F)c3c(F)cccc23)nc(N)c1C(=O)NC1CC1.Nc1nc(-c2nn(Cc3ccccc3F)c3c(F)cccc23)ncc1C(=O)N1CCCC1.Nc1nc(-c2nn(Cc3ccccc3F)c3c(F)cccc23)ncc1C(=O)N1CCCCC1. The van der Waals surface area contributed by atoms with Gasteiger partial charge in [0, 0.05) is 109 Å². The number of hydrogen-bond acceptors (Lipinski definition) is 21. The third-order valence-electron chi connectivity index (χ3n) is 21.5. The van der Waals surface area contributed by atoms with Crippen molar-refractivity contribution in [3.8, 4) is 46.1 Å². The van der Waals surface area contributed by atoms with Crippen molar-refractivity contribution in [2.75, 3.05) is 68.9 Å². The third-order valence-corrected chi connectivity index (χ3v) is 21.5. The fourth-order valence-corrected chi connectivity index (χ4v) is 15.0. The van der Waals surface area contributed by atoms with Crippen molar-refractivity contribution in [2.45, 2.75) is 77.2 Å². The highest BCUT2D eigenvalue weighted by molar-refractivity contribution is 6.04. The molecule has 0 unspecified atom stereocenters. The molecule has 2 aliphatic heterocycles. The van der Waals surface area contributed by atoms with Gasteiger partial charge in [-0.15, -0.1) is 0 Å². The number of aromatic nitrogens is 16. The topological polar surface area (TPSA) is 395 Å². The summed E-state index contributed by atoms with van der Waals surface area (Å²) in [5, 5.41) is 22.5. The smallest absolute Gasteiger partial charge is 0.259 e. The van der Waals surface area contributed by atoms with Crippen molar-refractivity contribution in [3.63, 3.8) is 0 Å². The van der Waals surface area contributed by atoms with Crippen molar-refractivity contribution in [1.82, 2.24) is 99.0 Å². The number of carbonyl (C=O) groups is 4. The second kappa shape index (κ2) is 36.4. The molecule has 127 heavy (non-hydrogen) atoms. The summed E-state index contributed by atoms with van der Waals surface area (Å²) in [4.78, 5) is 89.1. The summed E-state index contributed by atoms with van der Waals surface area (Å²) < 4.78 is 121. The van der Waals surface area contributed by atoms with E-state index in [0.717, 1.165) is 44.9 Å². The Kier molecular flexibility index (Phi) is 24.3. The van der Waals surface area contributed by atoms with Gasteiger partial charge in [0.25, 0.3) is 23.6 Å². The number of fused-ring (bicyclic) bond motifs is 4. The van der Waals surface area contributed by atoms with E-state index >= 15 is 0 Å². The molecule has 37 heteroatoms. The number of amides is 4. The van der Waals surface area contributed by atoms with Crippen molar-refractivity contribution < 1.29 is 54.3 Å². The molecule has 1 saturated carbocycles. The Labute approximate surface area is 718 Å². The van der Waals surface area contributed by atoms with Gasteiger partial charge in [-0.05, 0) is 93.5 Å². The number of para-hydroxylation sites is 4. The van der Waals surface area contributed by atoms with Crippen LogP contribution < -0.4 is 34.0 Å². The molecule has 16 aromatic rings. The summed E-state index contributed by atoms with van der Waals surface area (Å²) in [6.07, 6.45) is 10.9. The van der Waals surface area contributed by atoms with Crippen LogP contribution in [0.15, 0.2) is 188 Å². The number of hydrogen-bond donors (Lipinski definition) is 6. The molecule has 0 spiro atoms. The lowest BCUT2D eigenvalue weighted by Gasteiger charge is -2.26. The first-order valence-corrected chi connectivity index (χ1v) is 40.3. The maximum atomic E-state index is 14.8. The van der Waals surface area contributed by atoms with Gasteiger partial charge < -0.3 is 48.7 Å². The van der Waals surface area contributed by atoms with Gasteiger partial charge in [0.05, 0.1) is 26.2 Å². The molecule has 8 aromatic heterocycles. The largest absolute Gasteiger partial charge is 0.383 e. The van der Waals surface area contributed by atoms with Crippen LogP contribution >= 0.6 is 0 Å². The van der Waals surface area contributed by atoms with E-state index < -0.39 is 52.4 Å². The second-order valence-corrected chi connectivity index (χ2v) is 30.4. The molecular weight excluding hydrogens is 1650 g/mol. The van der Waals surface area contributed by atoms with Gasteiger partial charge in [-0.2, -0.15) is 20.4 Å². The van der Waals surface area contributed by atoms with Crippen LogP contribution in [-0.2, 0) is 26.2 Å². The van der Waals surface area contributed by atoms with E-state index in [1.54, 1.807) is 139 Å². The van der Waals surface area contributed by atoms with Crippen LogP contribution in [0.2, 0.25) is 0 Å². The van der Waals surface area contributed by atoms with Crippen LogP contribution in [0.4, 0.5) is 64.2 Å². The molecule has 0 radical (unpaired) electrons. The van der Waals surface area contributed by atoms with Crippen LogP contribution in [0.5, 0.6) is 0 Å².